The standard InChI is InChI=1S/C12H15BrClN3O2/c13-9-1-2-11(16-7-9)19-10-3-6-17(8-10)12(18)15-5-4-14/h1-2,7,10H,3-6,8H2,(H,15,18). The highest BCUT2D eigenvalue weighted by atomic mass is 79.9. The molecule has 0 radical (unpaired) electrons. The van der Waals surface area contributed by atoms with Crippen LogP contribution in [0.25, 0.3) is 0 Å². The van der Waals surface area contributed by atoms with Crippen LogP contribution in [0.5, 0.6) is 5.88 Å². The molecule has 1 saturated heterocycles. The van der Waals surface area contributed by atoms with Crippen LogP contribution in [0.3, 0.4) is 0 Å². The van der Waals surface area contributed by atoms with Gasteiger partial charge in [-0.2, -0.15) is 0 Å². The largest absolute Gasteiger partial charge is 0.472 e. The molecule has 0 saturated carbocycles. The van der Waals surface area contributed by atoms with Crippen LogP contribution in [-0.4, -0.2) is 47.5 Å². The molecular weight excluding hydrogens is 334 g/mol. The Morgan fingerprint density at radius 1 is 1.63 bits per heavy atom. The Labute approximate surface area is 125 Å². The molecule has 1 fully saturated rings. The number of rotatable bonds is 4. The molecule has 5 nitrogen and oxygen atoms in total. The van der Waals surface area contributed by atoms with Crippen LogP contribution in [0.15, 0.2) is 22.8 Å². The lowest BCUT2D eigenvalue weighted by atomic mass is 10.3. The van der Waals surface area contributed by atoms with Gasteiger partial charge < -0.3 is 15.0 Å². The predicted octanol–water partition coefficient (Wildman–Crippen LogP) is 2.25. The maximum absolute atomic E-state index is 11.7. The second-order valence-electron chi connectivity index (χ2n) is 4.21. The van der Waals surface area contributed by atoms with Gasteiger partial charge in [-0.05, 0) is 22.0 Å². The van der Waals surface area contributed by atoms with Gasteiger partial charge in [-0.1, -0.05) is 0 Å². The fraction of sp³-hybridized carbons (Fsp3) is 0.500. The molecule has 1 aliphatic rings. The molecule has 2 rings (SSSR count). The minimum Gasteiger partial charge on any atom is -0.472 e. The lowest BCUT2D eigenvalue weighted by molar-refractivity contribution is 0.183. The van der Waals surface area contributed by atoms with Crippen molar-refractivity contribution in [2.24, 2.45) is 0 Å². The molecule has 2 amide bonds. The minimum atomic E-state index is -0.0875. The number of nitrogens with zero attached hydrogens (tertiary/aromatic N) is 2. The first kappa shape index (κ1) is 14.4. The number of hydrogen-bond acceptors (Lipinski definition) is 3. The third kappa shape index (κ3) is 4.24. The van der Waals surface area contributed by atoms with Gasteiger partial charge in [0.05, 0.1) is 6.54 Å². The number of alkyl halides is 1. The van der Waals surface area contributed by atoms with Crippen molar-refractivity contribution in [1.29, 1.82) is 0 Å². The molecule has 1 aromatic rings. The van der Waals surface area contributed by atoms with Crippen LogP contribution in [0, 0.1) is 0 Å². The van der Waals surface area contributed by atoms with E-state index in [1.54, 1.807) is 17.2 Å². The number of urea groups is 1. The van der Waals surface area contributed by atoms with Crippen molar-refractivity contribution < 1.29 is 9.53 Å². The number of nitrogens with one attached hydrogen (secondary N) is 1. The molecule has 0 spiro atoms. The van der Waals surface area contributed by atoms with E-state index in [1.165, 1.54) is 0 Å². The highest BCUT2D eigenvalue weighted by Gasteiger charge is 2.27. The van der Waals surface area contributed by atoms with Crippen LogP contribution in [-0.2, 0) is 0 Å². The van der Waals surface area contributed by atoms with E-state index in [0.29, 0.717) is 31.4 Å². The minimum absolute atomic E-state index is 0.00423. The molecule has 104 valence electrons. The molecule has 19 heavy (non-hydrogen) atoms. The number of ether oxygens (including phenoxy) is 1. The maximum atomic E-state index is 11.7. The summed E-state index contributed by atoms with van der Waals surface area (Å²) in [6.45, 7) is 1.75. The van der Waals surface area contributed by atoms with E-state index in [9.17, 15) is 4.79 Å². The predicted molar refractivity (Wildman–Crippen MR) is 76.7 cm³/mol. The summed E-state index contributed by atoms with van der Waals surface area (Å²) in [6, 6.07) is 3.60. The maximum Gasteiger partial charge on any atom is 0.317 e. The Kier molecular flexibility index (Phi) is 5.27. The van der Waals surface area contributed by atoms with Crippen molar-refractivity contribution in [3.8, 4) is 5.88 Å². The van der Waals surface area contributed by atoms with Crippen molar-refractivity contribution in [2.75, 3.05) is 25.5 Å². The summed E-state index contributed by atoms with van der Waals surface area (Å²) >= 11 is 8.85. The summed E-state index contributed by atoms with van der Waals surface area (Å²) in [5.41, 5.74) is 0. The number of hydrogen-bond donors (Lipinski definition) is 1. The van der Waals surface area contributed by atoms with E-state index in [0.717, 1.165) is 10.9 Å². The summed E-state index contributed by atoms with van der Waals surface area (Å²) < 4.78 is 6.65. The normalized spacial score (nSPS) is 18.4. The van der Waals surface area contributed by atoms with Crippen LogP contribution >= 0.6 is 27.5 Å². The first-order valence-electron chi connectivity index (χ1n) is 6.06. The Bertz CT molecular complexity index is 429. The average Bonchev–Trinajstić information content (AvgIpc) is 2.87. The van der Waals surface area contributed by atoms with Crippen molar-refractivity contribution >= 4 is 33.6 Å². The lowest BCUT2D eigenvalue weighted by Gasteiger charge is -2.17. The SMILES string of the molecule is O=C(NCCCl)N1CCC(Oc2ccc(Br)cn2)C1. The van der Waals surface area contributed by atoms with Crippen molar-refractivity contribution in [2.45, 2.75) is 12.5 Å². The van der Waals surface area contributed by atoms with E-state index >= 15 is 0 Å². The zero-order valence-electron chi connectivity index (χ0n) is 10.3. The van der Waals surface area contributed by atoms with Crippen LogP contribution in [0.2, 0.25) is 0 Å². The fourth-order valence-corrected chi connectivity index (χ4v) is 2.21. The highest BCUT2D eigenvalue weighted by molar-refractivity contribution is 9.10. The third-order valence-corrected chi connectivity index (χ3v) is 3.45. The molecule has 0 bridgehead atoms. The molecule has 0 aromatic carbocycles. The molecule has 1 aromatic heterocycles. The number of likely N-dealkylation sites (tertiary alicyclic amines) is 1. The zero-order chi connectivity index (χ0) is 13.7. The Hall–Kier alpha value is -1.01. The smallest absolute Gasteiger partial charge is 0.317 e. The van der Waals surface area contributed by atoms with E-state index in [-0.39, 0.29) is 12.1 Å². The summed E-state index contributed by atoms with van der Waals surface area (Å²) in [6.07, 6.45) is 2.50. The first-order valence-corrected chi connectivity index (χ1v) is 7.38. The summed E-state index contributed by atoms with van der Waals surface area (Å²) in [5.74, 6) is 0.999. The topological polar surface area (TPSA) is 54.5 Å². The summed E-state index contributed by atoms with van der Waals surface area (Å²) in [5, 5.41) is 2.74. The molecule has 1 unspecified atom stereocenters. The monoisotopic (exact) mass is 347 g/mol. The summed E-state index contributed by atoms with van der Waals surface area (Å²) in [7, 11) is 0. The van der Waals surface area contributed by atoms with Gasteiger partial charge in [0.1, 0.15) is 6.10 Å². The number of amides is 2. The fourth-order valence-electron chi connectivity index (χ4n) is 1.88. The third-order valence-electron chi connectivity index (χ3n) is 2.79. The van der Waals surface area contributed by atoms with Gasteiger partial charge in [0.15, 0.2) is 0 Å². The average molecular weight is 349 g/mol. The number of carbonyl (C=O) groups is 1. The zero-order valence-corrected chi connectivity index (χ0v) is 12.7. The van der Waals surface area contributed by atoms with Gasteiger partial charge in [0.2, 0.25) is 5.88 Å². The van der Waals surface area contributed by atoms with Gasteiger partial charge in [0, 0.05) is 42.1 Å². The van der Waals surface area contributed by atoms with Gasteiger partial charge in [-0.15, -0.1) is 11.6 Å². The number of carbonyl (C=O) groups excluding carboxylic acids is 1. The summed E-state index contributed by atoms with van der Waals surface area (Å²) in [4.78, 5) is 17.6. The van der Waals surface area contributed by atoms with Gasteiger partial charge in [0.25, 0.3) is 0 Å². The number of halogens is 2. The Morgan fingerprint density at radius 3 is 3.16 bits per heavy atom. The second-order valence-corrected chi connectivity index (χ2v) is 5.50. The highest BCUT2D eigenvalue weighted by Crippen LogP contribution is 2.18. The van der Waals surface area contributed by atoms with Crippen molar-refractivity contribution in [3.05, 3.63) is 22.8 Å². The van der Waals surface area contributed by atoms with E-state index in [4.69, 9.17) is 16.3 Å². The van der Waals surface area contributed by atoms with Gasteiger partial charge in [-0.25, -0.2) is 9.78 Å². The number of aromatic nitrogens is 1. The van der Waals surface area contributed by atoms with Crippen LogP contribution in [0.1, 0.15) is 6.42 Å². The molecule has 1 N–H and O–H groups in total. The van der Waals surface area contributed by atoms with Crippen molar-refractivity contribution in [1.82, 2.24) is 15.2 Å². The second kappa shape index (κ2) is 6.96. The Morgan fingerprint density at radius 2 is 2.47 bits per heavy atom. The molecule has 1 aliphatic heterocycles. The van der Waals surface area contributed by atoms with Crippen LogP contribution in [0.4, 0.5) is 4.79 Å². The molecule has 7 heteroatoms. The van der Waals surface area contributed by atoms with Crippen LogP contribution < -0.4 is 10.1 Å². The van der Waals surface area contributed by atoms with E-state index < -0.39 is 0 Å². The van der Waals surface area contributed by atoms with Gasteiger partial charge in [-0.3, -0.25) is 0 Å². The first-order chi connectivity index (χ1) is 9.19. The quantitative estimate of drug-likeness (QED) is 0.849. The molecule has 0 aliphatic carbocycles. The Balaban J connectivity index is 1.81. The molecule has 1 atom stereocenters. The van der Waals surface area contributed by atoms with Gasteiger partial charge >= 0.3 is 6.03 Å². The number of pyridine rings is 1. The van der Waals surface area contributed by atoms with E-state index in [2.05, 4.69) is 26.2 Å². The van der Waals surface area contributed by atoms with E-state index in [1.807, 2.05) is 6.07 Å². The molecule has 2 heterocycles. The molecular formula is C12H15BrClN3O2. The van der Waals surface area contributed by atoms with Crippen molar-refractivity contribution in [3.63, 3.8) is 0 Å². The lowest BCUT2D eigenvalue weighted by Crippen LogP contribution is -2.40.